The van der Waals surface area contributed by atoms with Gasteiger partial charge < -0.3 is 16.1 Å². The third-order valence-corrected chi connectivity index (χ3v) is 1.27. The molecule has 0 heterocycles. The van der Waals surface area contributed by atoms with Gasteiger partial charge in [-0.05, 0) is 5.56 Å². The Labute approximate surface area is 66.7 Å². The summed E-state index contributed by atoms with van der Waals surface area (Å²) in [4.78, 5) is 0. The third kappa shape index (κ3) is 3.77. The van der Waals surface area contributed by atoms with Crippen LogP contribution in [0.5, 0.6) is 0 Å². The second-order valence-electron chi connectivity index (χ2n) is 2.15. The van der Waals surface area contributed by atoms with Crippen LogP contribution in [0.25, 0.3) is 0 Å². The van der Waals surface area contributed by atoms with Crippen LogP contribution >= 0.6 is 0 Å². The maximum atomic E-state index is 8.66. The van der Waals surface area contributed by atoms with Gasteiger partial charge in [0.05, 0.1) is 6.61 Å². The SMILES string of the molecule is Bc1cccc(CO)c1.O.O. The molecule has 0 aliphatic rings. The molecule has 3 nitrogen and oxygen atoms in total. The Morgan fingerprint density at radius 2 is 1.91 bits per heavy atom. The Balaban J connectivity index is 0. The number of hydrogen-bond acceptors (Lipinski definition) is 1. The summed E-state index contributed by atoms with van der Waals surface area (Å²) in [5, 5.41) is 8.66. The number of hydrogen-bond donors (Lipinski definition) is 1. The molecular weight excluding hydrogens is 143 g/mol. The lowest BCUT2D eigenvalue weighted by Gasteiger charge is -1.94. The van der Waals surface area contributed by atoms with E-state index in [-0.39, 0.29) is 17.6 Å². The molecule has 62 valence electrons. The predicted octanol–water partition coefficient (Wildman–Crippen LogP) is -2.21. The van der Waals surface area contributed by atoms with Crippen LogP contribution < -0.4 is 5.46 Å². The summed E-state index contributed by atoms with van der Waals surface area (Å²) in [6.07, 6.45) is 0. The summed E-state index contributed by atoms with van der Waals surface area (Å²) >= 11 is 0. The molecular formula is C7H13BO3. The molecule has 1 rings (SSSR count). The maximum absolute atomic E-state index is 8.66. The largest absolute Gasteiger partial charge is 0.412 e. The van der Waals surface area contributed by atoms with Crippen LogP contribution in [0.15, 0.2) is 24.3 Å². The highest BCUT2D eigenvalue weighted by atomic mass is 16.3. The van der Waals surface area contributed by atoms with Crippen molar-refractivity contribution in [2.45, 2.75) is 6.61 Å². The standard InChI is InChI=1S/C7H9BO.2H2O/c8-7-3-1-2-6(4-7)5-9;;/h1-4,9H,5,8H2;2*1H2. The van der Waals surface area contributed by atoms with Gasteiger partial charge in [-0.1, -0.05) is 29.7 Å². The van der Waals surface area contributed by atoms with Gasteiger partial charge in [-0.25, -0.2) is 0 Å². The Bertz CT molecular complexity index is 203. The van der Waals surface area contributed by atoms with Gasteiger partial charge in [0.2, 0.25) is 0 Å². The first-order valence-electron chi connectivity index (χ1n) is 2.99. The normalized spacial score (nSPS) is 7.73. The van der Waals surface area contributed by atoms with E-state index < -0.39 is 0 Å². The minimum absolute atomic E-state index is 0. The van der Waals surface area contributed by atoms with Crippen LogP contribution in [0, 0.1) is 0 Å². The van der Waals surface area contributed by atoms with E-state index in [1.807, 2.05) is 32.1 Å². The molecule has 0 atom stereocenters. The zero-order chi connectivity index (χ0) is 6.69. The first kappa shape index (κ1) is 12.8. The minimum Gasteiger partial charge on any atom is -0.412 e. The van der Waals surface area contributed by atoms with Gasteiger partial charge in [0.25, 0.3) is 0 Å². The zero-order valence-electron chi connectivity index (χ0n) is 6.46. The second-order valence-corrected chi connectivity index (χ2v) is 2.15. The third-order valence-electron chi connectivity index (χ3n) is 1.27. The van der Waals surface area contributed by atoms with E-state index in [1.165, 1.54) is 5.46 Å². The van der Waals surface area contributed by atoms with E-state index in [1.54, 1.807) is 0 Å². The van der Waals surface area contributed by atoms with Crippen molar-refractivity contribution >= 4 is 13.3 Å². The van der Waals surface area contributed by atoms with E-state index >= 15 is 0 Å². The molecule has 0 aliphatic carbocycles. The molecule has 0 spiro atoms. The van der Waals surface area contributed by atoms with Crippen LogP contribution in [0.3, 0.4) is 0 Å². The average Bonchev–Trinajstić information content (AvgIpc) is 1.88. The van der Waals surface area contributed by atoms with Crippen LogP contribution in [0.4, 0.5) is 0 Å². The molecule has 11 heavy (non-hydrogen) atoms. The topological polar surface area (TPSA) is 83.2 Å². The molecule has 0 aliphatic heterocycles. The van der Waals surface area contributed by atoms with Crippen LogP contribution in [0.2, 0.25) is 0 Å². The Morgan fingerprint density at radius 1 is 1.27 bits per heavy atom. The molecule has 0 saturated carbocycles. The van der Waals surface area contributed by atoms with Gasteiger partial charge in [-0.3, -0.25) is 0 Å². The Morgan fingerprint density at radius 3 is 2.27 bits per heavy atom. The number of aliphatic hydroxyl groups excluding tert-OH is 1. The molecule has 5 N–H and O–H groups in total. The summed E-state index contributed by atoms with van der Waals surface area (Å²) < 4.78 is 0. The summed E-state index contributed by atoms with van der Waals surface area (Å²) in [5.74, 6) is 0. The van der Waals surface area contributed by atoms with Crippen molar-refractivity contribution in [3.63, 3.8) is 0 Å². The van der Waals surface area contributed by atoms with Crippen LogP contribution in [-0.2, 0) is 6.61 Å². The fraction of sp³-hybridized carbons (Fsp3) is 0.143. The van der Waals surface area contributed by atoms with Crippen molar-refractivity contribution < 1.29 is 16.1 Å². The van der Waals surface area contributed by atoms with E-state index in [2.05, 4.69) is 0 Å². The monoisotopic (exact) mass is 156 g/mol. The van der Waals surface area contributed by atoms with Crippen molar-refractivity contribution in [1.82, 2.24) is 0 Å². The summed E-state index contributed by atoms with van der Waals surface area (Å²) in [5.41, 5.74) is 2.18. The lowest BCUT2D eigenvalue weighted by atomic mass is 9.95. The van der Waals surface area contributed by atoms with E-state index in [9.17, 15) is 0 Å². The van der Waals surface area contributed by atoms with Gasteiger partial charge in [0, 0.05) is 0 Å². The van der Waals surface area contributed by atoms with Crippen molar-refractivity contribution in [1.29, 1.82) is 0 Å². The number of rotatable bonds is 1. The predicted molar refractivity (Wildman–Crippen MR) is 47.8 cm³/mol. The average molecular weight is 156 g/mol. The lowest BCUT2D eigenvalue weighted by molar-refractivity contribution is 0.282. The minimum atomic E-state index is 0. The van der Waals surface area contributed by atoms with Crippen molar-refractivity contribution in [2.24, 2.45) is 0 Å². The molecule has 0 fully saturated rings. The summed E-state index contributed by atoms with van der Waals surface area (Å²) in [7, 11) is 2.01. The highest BCUT2D eigenvalue weighted by molar-refractivity contribution is 6.32. The van der Waals surface area contributed by atoms with Gasteiger partial charge >= 0.3 is 0 Å². The molecule has 0 radical (unpaired) electrons. The molecule has 0 aromatic heterocycles. The molecule has 4 heteroatoms. The number of aliphatic hydroxyl groups is 1. The highest BCUT2D eigenvalue weighted by Gasteiger charge is 1.86. The Hall–Kier alpha value is -0.835. The lowest BCUT2D eigenvalue weighted by Crippen LogP contribution is -2.01. The molecule has 0 amide bonds. The van der Waals surface area contributed by atoms with Gasteiger partial charge in [-0.2, -0.15) is 0 Å². The molecule has 0 unspecified atom stereocenters. The quantitative estimate of drug-likeness (QED) is 0.459. The highest BCUT2D eigenvalue weighted by Crippen LogP contribution is 1.93. The Kier molecular flexibility index (Phi) is 6.88. The zero-order valence-corrected chi connectivity index (χ0v) is 6.46. The maximum Gasteiger partial charge on any atom is 0.139 e. The smallest absolute Gasteiger partial charge is 0.139 e. The first-order chi connectivity index (χ1) is 4.33. The fourth-order valence-corrected chi connectivity index (χ4v) is 0.810. The van der Waals surface area contributed by atoms with Crippen molar-refractivity contribution in [3.05, 3.63) is 29.8 Å². The molecule has 0 bridgehead atoms. The van der Waals surface area contributed by atoms with Gasteiger partial charge in [0.15, 0.2) is 0 Å². The van der Waals surface area contributed by atoms with Crippen LogP contribution in [0.1, 0.15) is 5.56 Å². The molecule has 0 saturated heterocycles. The van der Waals surface area contributed by atoms with Gasteiger partial charge in [0.1, 0.15) is 7.85 Å². The second kappa shape index (κ2) is 5.91. The van der Waals surface area contributed by atoms with E-state index in [0.29, 0.717) is 0 Å². The summed E-state index contributed by atoms with van der Waals surface area (Å²) in [6.45, 7) is 0.141. The first-order valence-corrected chi connectivity index (χ1v) is 2.99. The van der Waals surface area contributed by atoms with Crippen molar-refractivity contribution in [3.8, 4) is 0 Å². The van der Waals surface area contributed by atoms with E-state index in [0.717, 1.165) is 5.56 Å². The molecule has 1 aromatic carbocycles. The van der Waals surface area contributed by atoms with E-state index in [4.69, 9.17) is 5.11 Å². The summed E-state index contributed by atoms with van der Waals surface area (Å²) in [6, 6.07) is 7.84. The number of benzene rings is 1. The van der Waals surface area contributed by atoms with Gasteiger partial charge in [-0.15, -0.1) is 0 Å². The van der Waals surface area contributed by atoms with Crippen molar-refractivity contribution in [2.75, 3.05) is 0 Å². The fourth-order valence-electron chi connectivity index (χ4n) is 0.810. The van der Waals surface area contributed by atoms with Crippen LogP contribution in [-0.4, -0.2) is 23.9 Å². The molecule has 1 aromatic rings.